The number of hydrogen-bond donors (Lipinski definition) is 1. The molecule has 0 saturated heterocycles. The maximum Gasteiger partial charge on any atom is 0.341 e. The van der Waals surface area contributed by atoms with Crippen molar-refractivity contribution in [1.29, 1.82) is 0 Å². The van der Waals surface area contributed by atoms with E-state index in [4.69, 9.17) is 4.74 Å². The van der Waals surface area contributed by atoms with Gasteiger partial charge in [0.15, 0.2) is 0 Å². The van der Waals surface area contributed by atoms with Crippen LogP contribution in [0.2, 0.25) is 0 Å². The van der Waals surface area contributed by atoms with Crippen molar-refractivity contribution in [2.75, 3.05) is 14.2 Å². The van der Waals surface area contributed by atoms with Gasteiger partial charge >= 0.3 is 5.97 Å². The molecule has 0 aliphatic heterocycles. The Kier molecular flexibility index (Phi) is 4.09. The number of aryl methyl sites for hydroxylation is 1. The summed E-state index contributed by atoms with van der Waals surface area (Å²) in [6, 6.07) is 1.47. The van der Waals surface area contributed by atoms with E-state index in [1.165, 1.54) is 20.3 Å². The van der Waals surface area contributed by atoms with Crippen molar-refractivity contribution < 1.29 is 24.2 Å². The molecule has 1 aromatic carbocycles. The first-order chi connectivity index (χ1) is 8.06. The maximum atomic E-state index is 11.4. The maximum absolute atomic E-state index is 11.4. The molecule has 0 atom stereocenters. The summed E-state index contributed by atoms with van der Waals surface area (Å²) in [5.41, 5.74) is 0.980. The number of methoxy groups -OCH3 is 2. The van der Waals surface area contributed by atoms with Gasteiger partial charge in [0.1, 0.15) is 23.3 Å². The lowest BCUT2D eigenvalue weighted by molar-refractivity contribution is -0.107. The zero-order chi connectivity index (χ0) is 13.0. The molecule has 5 heteroatoms. The van der Waals surface area contributed by atoms with E-state index in [1.807, 2.05) is 0 Å². The lowest BCUT2D eigenvalue weighted by Gasteiger charge is -2.14. The van der Waals surface area contributed by atoms with Crippen LogP contribution >= 0.6 is 0 Å². The number of phenolic OH excluding ortho intramolecular Hbond substituents is 1. The van der Waals surface area contributed by atoms with Crippen molar-refractivity contribution in [3.05, 3.63) is 22.8 Å². The van der Waals surface area contributed by atoms with Crippen LogP contribution in [0.1, 0.15) is 21.5 Å². The van der Waals surface area contributed by atoms with Crippen LogP contribution in [0.5, 0.6) is 11.5 Å². The quantitative estimate of drug-likeness (QED) is 0.631. The molecule has 1 aromatic rings. The highest BCUT2D eigenvalue weighted by molar-refractivity contribution is 5.94. The van der Waals surface area contributed by atoms with Crippen molar-refractivity contribution in [2.24, 2.45) is 0 Å². The van der Waals surface area contributed by atoms with E-state index in [0.29, 0.717) is 23.2 Å². The SMILES string of the molecule is COC(=O)c1cc(C)c(OC)c(CC=O)c1O. The topological polar surface area (TPSA) is 72.8 Å². The van der Waals surface area contributed by atoms with Gasteiger partial charge in [-0.3, -0.25) is 0 Å². The molecule has 1 N–H and O–H groups in total. The van der Waals surface area contributed by atoms with Crippen LogP contribution in [0.25, 0.3) is 0 Å². The number of carbonyl (C=O) groups excluding carboxylic acids is 2. The highest BCUT2D eigenvalue weighted by Gasteiger charge is 2.20. The van der Waals surface area contributed by atoms with Crippen LogP contribution in [0.3, 0.4) is 0 Å². The fraction of sp³-hybridized carbons (Fsp3) is 0.333. The molecule has 0 aliphatic rings. The van der Waals surface area contributed by atoms with Crippen molar-refractivity contribution in [3.63, 3.8) is 0 Å². The van der Waals surface area contributed by atoms with E-state index in [1.54, 1.807) is 6.92 Å². The number of aromatic hydroxyl groups is 1. The molecule has 0 aromatic heterocycles. The van der Waals surface area contributed by atoms with Gasteiger partial charge in [0.2, 0.25) is 0 Å². The summed E-state index contributed by atoms with van der Waals surface area (Å²) in [7, 11) is 2.66. The summed E-state index contributed by atoms with van der Waals surface area (Å²) in [6.45, 7) is 1.72. The van der Waals surface area contributed by atoms with Gasteiger partial charge in [-0.25, -0.2) is 4.79 Å². The summed E-state index contributed by atoms with van der Waals surface area (Å²) >= 11 is 0. The summed E-state index contributed by atoms with van der Waals surface area (Å²) in [4.78, 5) is 22.0. The van der Waals surface area contributed by atoms with Gasteiger partial charge in [0.05, 0.1) is 14.2 Å². The number of carbonyl (C=O) groups is 2. The molecule has 5 nitrogen and oxygen atoms in total. The lowest BCUT2D eigenvalue weighted by atomic mass is 10.0. The largest absolute Gasteiger partial charge is 0.507 e. The molecule has 0 heterocycles. The molecule has 0 saturated carbocycles. The van der Waals surface area contributed by atoms with Gasteiger partial charge in [0.25, 0.3) is 0 Å². The number of phenols is 1. The number of aldehydes is 1. The average Bonchev–Trinajstić information content (AvgIpc) is 2.33. The molecule has 0 bridgehead atoms. The van der Waals surface area contributed by atoms with Crippen LogP contribution in [0, 0.1) is 6.92 Å². The minimum absolute atomic E-state index is 0.0271. The predicted octanol–water partition coefficient (Wildman–Crippen LogP) is 1.24. The molecule has 0 fully saturated rings. The summed E-state index contributed by atoms with van der Waals surface area (Å²) < 4.78 is 9.66. The lowest BCUT2D eigenvalue weighted by Crippen LogP contribution is -2.06. The van der Waals surface area contributed by atoms with E-state index in [2.05, 4.69) is 4.74 Å². The van der Waals surface area contributed by atoms with Crippen LogP contribution < -0.4 is 4.74 Å². The number of rotatable bonds is 4. The van der Waals surface area contributed by atoms with Crippen molar-refractivity contribution in [2.45, 2.75) is 13.3 Å². The van der Waals surface area contributed by atoms with Crippen molar-refractivity contribution >= 4 is 12.3 Å². The van der Waals surface area contributed by atoms with Gasteiger partial charge < -0.3 is 19.4 Å². The predicted molar refractivity (Wildman–Crippen MR) is 60.5 cm³/mol. The minimum Gasteiger partial charge on any atom is -0.507 e. The number of hydrogen-bond acceptors (Lipinski definition) is 5. The highest BCUT2D eigenvalue weighted by atomic mass is 16.5. The molecule has 17 heavy (non-hydrogen) atoms. The highest BCUT2D eigenvalue weighted by Crippen LogP contribution is 2.35. The van der Waals surface area contributed by atoms with E-state index >= 15 is 0 Å². The zero-order valence-corrected chi connectivity index (χ0v) is 9.94. The van der Waals surface area contributed by atoms with Gasteiger partial charge in [-0.05, 0) is 18.6 Å². The fourth-order valence-electron chi connectivity index (χ4n) is 1.68. The van der Waals surface area contributed by atoms with E-state index in [0.717, 1.165) is 0 Å². The van der Waals surface area contributed by atoms with Crippen LogP contribution in [-0.2, 0) is 16.0 Å². The third-order valence-electron chi connectivity index (χ3n) is 2.43. The second-order valence-corrected chi connectivity index (χ2v) is 3.46. The second kappa shape index (κ2) is 5.34. The smallest absolute Gasteiger partial charge is 0.341 e. The van der Waals surface area contributed by atoms with Crippen LogP contribution in [-0.4, -0.2) is 31.6 Å². The number of benzene rings is 1. The third kappa shape index (κ3) is 2.38. The molecule has 92 valence electrons. The van der Waals surface area contributed by atoms with E-state index in [-0.39, 0.29) is 17.7 Å². The van der Waals surface area contributed by atoms with Crippen LogP contribution in [0.15, 0.2) is 6.07 Å². The van der Waals surface area contributed by atoms with Gasteiger partial charge in [-0.1, -0.05) is 0 Å². The fourth-order valence-corrected chi connectivity index (χ4v) is 1.68. The molecule has 0 amide bonds. The summed E-state index contributed by atoms with van der Waals surface area (Å²) in [6.07, 6.45) is 0.610. The van der Waals surface area contributed by atoms with Crippen molar-refractivity contribution in [1.82, 2.24) is 0 Å². The zero-order valence-electron chi connectivity index (χ0n) is 9.94. The van der Waals surface area contributed by atoms with Crippen LogP contribution in [0.4, 0.5) is 0 Å². The Morgan fingerprint density at radius 1 is 1.47 bits per heavy atom. The van der Waals surface area contributed by atoms with Gasteiger partial charge in [-0.2, -0.15) is 0 Å². The summed E-state index contributed by atoms with van der Waals surface area (Å²) in [5.74, 6) is -0.519. The standard InChI is InChI=1S/C12H14O5/c1-7-6-9(12(15)17-3)10(14)8(4-5-13)11(7)16-2/h5-6,14H,4H2,1-3H3. The van der Waals surface area contributed by atoms with Gasteiger partial charge in [-0.15, -0.1) is 0 Å². The Morgan fingerprint density at radius 2 is 2.12 bits per heavy atom. The molecule has 0 aliphatic carbocycles. The minimum atomic E-state index is -0.652. The number of ether oxygens (including phenoxy) is 2. The molecule has 0 radical (unpaired) electrons. The molecular formula is C12H14O5. The first-order valence-electron chi connectivity index (χ1n) is 4.98. The van der Waals surface area contributed by atoms with Gasteiger partial charge in [0, 0.05) is 12.0 Å². The first-order valence-corrected chi connectivity index (χ1v) is 4.98. The normalized spacial score (nSPS) is 9.82. The monoisotopic (exact) mass is 238 g/mol. The van der Waals surface area contributed by atoms with E-state index in [9.17, 15) is 14.7 Å². The number of esters is 1. The molecule has 1 rings (SSSR count). The molecule has 0 spiro atoms. The Hall–Kier alpha value is -2.04. The third-order valence-corrected chi connectivity index (χ3v) is 2.43. The van der Waals surface area contributed by atoms with E-state index < -0.39 is 5.97 Å². The summed E-state index contributed by atoms with van der Waals surface area (Å²) in [5, 5.41) is 9.92. The Balaban J connectivity index is 3.47. The first kappa shape index (κ1) is 13.0. The second-order valence-electron chi connectivity index (χ2n) is 3.46. The Morgan fingerprint density at radius 3 is 2.59 bits per heavy atom. The molecular weight excluding hydrogens is 224 g/mol. The molecule has 0 unspecified atom stereocenters. The Labute approximate surface area is 99.0 Å². The Bertz CT molecular complexity index is 451. The average molecular weight is 238 g/mol. The van der Waals surface area contributed by atoms with Crippen molar-refractivity contribution in [3.8, 4) is 11.5 Å².